The van der Waals surface area contributed by atoms with Crippen molar-refractivity contribution in [3.63, 3.8) is 0 Å². The van der Waals surface area contributed by atoms with E-state index in [1.54, 1.807) is 7.11 Å². The number of hydrogen-bond acceptors (Lipinski definition) is 4. The van der Waals surface area contributed by atoms with Crippen LogP contribution in [0.15, 0.2) is 48.5 Å². The first-order valence-corrected chi connectivity index (χ1v) is 7.51. The lowest BCUT2D eigenvalue weighted by Crippen LogP contribution is -2.33. The van der Waals surface area contributed by atoms with Gasteiger partial charge in [0, 0.05) is 5.69 Å². The van der Waals surface area contributed by atoms with E-state index in [9.17, 15) is 4.79 Å². The number of rotatable bonds is 8. The molecule has 0 aliphatic carbocycles. The van der Waals surface area contributed by atoms with Gasteiger partial charge in [0.1, 0.15) is 18.1 Å². The fourth-order valence-corrected chi connectivity index (χ4v) is 2.03. The maximum atomic E-state index is 11.8. The summed E-state index contributed by atoms with van der Waals surface area (Å²) in [4.78, 5) is 11.8. The highest BCUT2D eigenvalue weighted by molar-refractivity contribution is 5.80. The number of methoxy groups -OCH3 is 1. The van der Waals surface area contributed by atoms with Gasteiger partial charge in [0.15, 0.2) is 0 Å². The van der Waals surface area contributed by atoms with Crippen molar-refractivity contribution in [2.24, 2.45) is 0 Å². The number of carbonyl (C=O) groups is 1. The van der Waals surface area contributed by atoms with E-state index in [0.717, 1.165) is 22.7 Å². The highest BCUT2D eigenvalue weighted by atomic mass is 16.5. The third kappa shape index (κ3) is 5.90. The van der Waals surface area contributed by atoms with Crippen LogP contribution < -0.4 is 20.1 Å². The number of nitrogens with one attached hydrogen (secondary N) is 2. The molecule has 0 aliphatic heterocycles. The Labute approximate surface area is 136 Å². The molecule has 2 rings (SSSR count). The zero-order valence-electron chi connectivity index (χ0n) is 13.5. The molecule has 2 aromatic carbocycles. The van der Waals surface area contributed by atoms with E-state index in [1.807, 2.05) is 55.5 Å². The quantitative estimate of drug-likeness (QED) is 0.735. The summed E-state index contributed by atoms with van der Waals surface area (Å²) in [5.41, 5.74) is 2.10. The van der Waals surface area contributed by atoms with Crippen LogP contribution in [0.3, 0.4) is 0 Å². The SMILES string of the molecule is COc1ccc(OCCNC(=O)CNc2cccc(C)c2)cc1. The third-order valence-electron chi connectivity index (χ3n) is 3.22. The fourth-order valence-electron chi connectivity index (χ4n) is 2.03. The smallest absolute Gasteiger partial charge is 0.239 e. The molecule has 0 saturated carbocycles. The molecular formula is C18H22N2O3. The van der Waals surface area contributed by atoms with Crippen LogP contribution in [0.5, 0.6) is 11.5 Å². The van der Waals surface area contributed by atoms with Crippen LogP contribution in [0.1, 0.15) is 5.56 Å². The Morgan fingerprint density at radius 1 is 1.09 bits per heavy atom. The Hall–Kier alpha value is -2.69. The Morgan fingerprint density at radius 2 is 1.83 bits per heavy atom. The second kappa shape index (κ2) is 8.68. The van der Waals surface area contributed by atoms with Crippen LogP contribution in [0, 0.1) is 6.92 Å². The van der Waals surface area contributed by atoms with Gasteiger partial charge in [-0.25, -0.2) is 0 Å². The lowest BCUT2D eigenvalue weighted by molar-refractivity contribution is -0.119. The molecule has 23 heavy (non-hydrogen) atoms. The van der Waals surface area contributed by atoms with Crippen LogP contribution >= 0.6 is 0 Å². The van der Waals surface area contributed by atoms with E-state index in [4.69, 9.17) is 9.47 Å². The van der Waals surface area contributed by atoms with E-state index < -0.39 is 0 Å². The van der Waals surface area contributed by atoms with E-state index in [0.29, 0.717) is 13.2 Å². The van der Waals surface area contributed by atoms with Crippen molar-refractivity contribution in [1.82, 2.24) is 5.32 Å². The van der Waals surface area contributed by atoms with E-state index in [2.05, 4.69) is 10.6 Å². The van der Waals surface area contributed by atoms with E-state index >= 15 is 0 Å². The molecule has 0 aliphatic rings. The van der Waals surface area contributed by atoms with Crippen molar-refractivity contribution in [1.29, 1.82) is 0 Å². The van der Waals surface area contributed by atoms with E-state index in [-0.39, 0.29) is 12.5 Å². The summed E-state index contributed by atoms with van der Waals surface area (Å²) < 4.78 is 10.6. The fraction of sp³-hybridized carbons (Fsp3) is 0.278. The largest absolute Gasteiger partial charge is 0.497 e. The summed E-state index contributed by atoms with van der Waals surface area (Å²) in [7, 11) is 1.62. The number of amides is 1. The van der Waals surface area contributed by atoms with Crippen molar-refractivity contribution in [3.05, 3.63) is 54.1 Å². The molecule has 5 nitrogen and oxygen atoms in total. The molecule has 0 radical (unpaired) electrons. The summed E-state index contributed by atoms with van der Waals surface area (Å²) in [6, 6.07) is 15.2. The predicted octanol–water partition coefficient (Wildman–Crippen LogP) is 2.61. The van der Waals surface area contributed by atoms with Crippen LogP contribution in [0.4, 0.5) is 5.69 Å². The molecular weight excluding hydrogens is 292 g/mol. The lowest BCUT2D eigenvalue weighted by atomic mass is 10.2. The molecule has 0 heterocycles. The average molecular weight is 314 g/mol. The summed E-state index contributed by atoms with van der Waals surface area (Å²) in [5.74, 6) is 1.47. The normalized spacial score (nSPS) is 10.0. The first-order valence-electron chi connectivity index (χ1n) is 7.51. The number of anilines is 1. The molecule has 5 heteroatoms. The van der Waals surface area contributed by atoms with E-state index in [1.165, 1.54) is 0 Å². The van der Waals surface area contributed by atoms with Crippen LogP contribution in [0.25, 0.3) is 0 Å². The van der Waals surface area contributed by atoms with Gasteiger partial charge in [-0.2, -0.15) is 0 Å². The van der Waals surface area contributed by atoms with Gasteiger partial charge >= 0.3 is 0 Å². The van der Waals surface area contributed by atoms with Crippen molar-refractivity contribution >= 4 is 11.6 Å². The maximum Gasteiger partial charge on any atom is 0.239 e. The topological polar surface area (TPSA) is 59.6 Å². The Bertz CT molecular complexity index is 626. The van der Waals surface area contributed by atoms with Gasteiger partial charge in [-0.3, -0.25) is 4.79 Å². The molecule has 0 atom stereocenters. The van der Waals surface area contributed by atoms with Gasteiger partial charge in [0.05, 0.1) is 20.2 Å². The van der Waals surface area contributed by atoms with Gasteiger partial charge in [-0.1, -0.05) is 12.1 Å². The van der Waals surface area contributed by atoms with Gasteiger partial charge < -0.3 is 20.1 Å². The molecule has 0 aromatic heterocycles. The summed E-state index contributed by atoms with van der Waals surface area (Å²) >= 11 is 0. The van der Waals surface area contributed by atoms with Crippen molar-refractivity contribution in [3.8, 4) is 11.5 Å². The molecule has 0 saturated heterocycles. The zero-order chi connectivity index (χ0) is 16.5. The minimum atomic E-state index is -0.0650. The molecule has 0 fully saturated rings. The Kier molecular flexibility index (Phi) is 6.29. The molecule has 0 spiro atoms. The van der Waals surface area contributed by atoms with Crippen molar-refractivity contribution in [2.75, 3.05) is 32.1 Å². The molecule has 122 valence electrons. The molecule has 2 aromatic rings. The summed E-state index contributed by atoms with van der Waals surface area (Å²) in [6.07, 6.45) is 0. The monoisotopic (exact) mass is 314 g/mol. The first-order chi connectivity index (χ1) is 11.2. The summed E-state index contributed by atoms with van der Waals surface area (Å²) in [5, 5.41) is 5.90. The van der Waals surface area contributed by atoms with Crippen LogP contribution in [-0.4, -0.2) is 32.7 Å². The van der Waals surface area contributed by atoms with Crippen molar-refractivity contribution in [2.45, 2.75) is 6.92 Å². The molecule has 2 N–H and O–H groups in total. The number of ether oxygens (including phenoxy) is 2. The van der Waals surface area contributed by atoms with Gasteiger partial charge in [0.25, 0.3) is 0 Å². The van der Waals surface area contributed by atoms with Crippen molar-refractivity contribution < 1.29 is 14.3 Å². The summed E-state index contributed by atoms with van der Waals surface area (Å²) in [6.45, 7) is 3.14. The Morgan fingerprint density at radius 3 is 2.52 bits per heavy atom. The second-order valence-electron chi connectivity index (χ2n) is 5.10. The number of aryl methyl sites for hydroxylation is 1. The average Bonchev–Trinajstić information content (AvgIpc) is 2.57. The Balaban J connectivity index is 1.62. The number of benzene rings is 2. The third-order valence-corrected chi connectivity index (χ3v) is 3.22. The van der Waals surface area contributed by atoms with Crippen LogP contribution in [0.2, 0.25) is 0 Å². The molecule has 1 amide bonds. The van der Waals surface area contributed by atoms with Crippen LogP contribution in [-0.2, 0) is 4.79 Å². The minimum Gasteiger partial charge on any atom is -0.497 e. The zero-order valence-corrected chi connectivity index (χ0v) is 13.5. The predicted molar refractivity (Wildman–Crippen MR) is 91.2 cm³/mol. The van der Waals surface area contributed by atoms with Gasteiger partial charge in [-0.05, 0) is 48.9 Å². The van der Waals surface area contributed by atoms with Gasteiger partial charge in [-0.15, -0.1) is 0 Å². The first kappa shape index (κ1) is 16.7. The highest BCUT2D eigenvalue weighted by Crippen LogP contribution is 2.16. The second-order valence-corrected chi connectivity index (χ2v) is 5.10. The number of hydrogen-bond donors (Lipinski definition) is 2. The minimum absolute atomic E-state index is 0.0650. The molecule has 0 bridgehead atoms. The molecule has 0 unspecified atom stereocenters. The highest BCUT2D eigenvalue weighted by Gasteiger charge is 2.01. The van der Waals surface area contributed by atoms with Gasteiger partial charge in [0.2, 0.25) is 5.91 Å². The number of carbonyl (C=O) groups excluding carboxylic acids is 1. The lowest BCUT2D eigenvalue weighted by Gasteiger charge is -2.10. The maximum absolute atomic E-state index is 11.8. The standard InChI is InChI=1S/C18H22N2O3/c1-14-4-3-5-15(12-14)20-13-18(21)19-10-11-23-17-8-6-16(22-2)7-9-17/h3-9,12,20H,10-11,13H2,1-2H3,(H,19,21).